The van der Waals surface area contributed by atoms with E-state index >= 15 is 0 Å². The molecule has 294 valence electrons. The standard InChI is InChI=1S/C45H48N6O6/c1-28-8-14-40(43(52)48-28)51-44(53)36-13-11-31(21-37(36)45(51)54)50-26-34(27-50)56-19-7-5-3-4-6-18-55-32-22-33(23-32)57-42-15-10-30(24-47-42)29-9-12-35-38-25-46-17-16-39(38)49(2)41(35)20-29/h9-13,15-17,20-21,24-25,32-34,40H,1,3-8,14,18-19,22-23,26-27H2,2H3,(H,48,52). The molecule has 1 saturated carbocycles. The molecule has 6 heterocycles. The van der Waals surface area contributed by atoms with E-state index in [1.165, 1.54) is 16.4 Å². The third kappa shape index (κ3) is 7.39. The Balaban J connectivity index is 0.618. The van der Waals surface area contributed by atoms with Gasteiger partial charge >= 0.3 is 0 Å². The van der Waals surface area contributed by atoms with E-state index in [0.717, 1.165) is 98.3 Å². The van der Waals surface area contributed by atoms with Gasteiger partial charge in [0.05, 0.1) is 28.9 Å². The number of hydrogen-bond donors (Lipinski definition) is 1. The van der Waals surface area contributed by atoms with E-state index in [-0.39, 0.29) is 24.2 Å². The second kappa shape index (κ2) is 15.7. The molecule has 1 atom stereocenters. The molecule has 5 aromatic rings. The van der Waals surface area contributed by atoms with Gasteiger partial charge in [0, 0.05) is 104 Å². The number of aromatic nitrogens is 3. The van der Waals surface area contributed by atoms with Gasteiger partial charge in [-0.15, -0.1) is 0 Å². The minimum absolute atomic E-state index is 0.143. The van der Waals surface area contributed by atoms with E-state index in [4.69, 9.17) is 14.2 Å². The van der Waals surface area contributed by atoms with Gasteiger partial charge in [-0.05, 0) is 67.6 Å². The molecule has 3 fully saturated rings. The average Bonchev–Trinajstić information content (AvgIpc) is 3.61. The molecule has 9 rings (SSSR count). The van der Waals surface area contributed by atoms with E-state index < -0.39 is 17.9 Å². The fraction of sp³-hybridized carbons (Fsp3) is 0.400. The smallest absolute Gasteiger partial charge is 0.262 e. The van der Waals surface area contributed by atoms with Crippen LogP contribution in [-0.4, -0.2) is 87.8 Å². The highest BCUT2D eigenvalue weighted by Gasteiger charge is 2.44. The molecular formula is C45H48N6O6. The Morgan fingerprint density at radius 1 is 0.772 bits per heavy atom. The SMILES string of the molecule is C=C1CCC(N2C(=O)c3ccc(N4CC(OCCCCCCCOC5CC(Oc6ccc(-c7ccc8c9cnccc9n(C)c8c7)cn6)C5)C4)cc3C2=O)C(=O)N1. The van der Waals surface area contributed by atoms with Crippen LogP contribution in [0, 0.1) is 0 Å². The van der Waals surface area contributed by atoms with Crippen LogP contribution in [0.1, 0.15) is 78.5 Å². The number of amides is 3. The normalized spacial score (nSPS) is 20.9. The Morgan fingerprint density at radius 2 is 1.53 bits per heavy atom. The van der Waals surface area contributed by atoms with Crippen LogP contribution in [0.4, 0.5) is 5.69 Å². The lowest BCUT2D eigenvalue weighted by atomic mass is 9.92. The predicted octanol–water partition coefficient (Wildman–Crippen LogP) is 6.96. The van der Waals surface area contributed by atoms with E-state index in [1.807, 2.05) is 30.7 Å². The minimum atomic E-state index is -0.804. The first-order valence-electron chi connectivity index (χ1n) is 20.2. The Kier molecular flexibility index (Phi) is 10.2. The molecule has 1 aliphatic carbocycles. The maximum absolute atomic E-state index is 13.2. The molecule has 12 heteroatoms. The van der Waals surface area contributed by atoms with Gasteiger partial charge in [-0.1, -0.05) is 38.0 Å². The number of imide groups is 1. The number of pyridine rings is 2. The third-order valence-electron chi connectivity index (χ3n) is 12.0. The van der Waals surface area contributed by atoms with Gasteiger partial charge in [-0.2, -0.15) is 0 Å². The molecule has 1 unspecified atom stereocenters. The fourth-order valence-corrected chi connectivity index (χ4v) is 8.50. The molecular weight excluding hydrogens is 721 g/mol. The first kappa shape index (κ1) is 37.0. The minimum Gasteiger partial charge on any atom is -0.474 e. The summed E-state index contributed by atoms with van der Waals surface area (Å²) in [5, 5.41) is 5.03. The number of nitrogens with zero attached hydrogens (tertiary/aromatic N) is 5. The van der Waals surface area contributed by atoms with Gasteiger partial charge in [-0.3, -0.25) is 24.3 Å². The first-order chi connectivity index (χ1) is 27.8. The summed E-state index contributed by atoms with van der Waals surface area (Å²) in [6, 6.07) is 17.2. The van der Waals surface area contributed by atoms with Crippen LogP contribution in [-0.2, 0) is 21.3 Å². The van der Waals surface area contributed by atoms with Crippen LogP contribution in [0.2, 0.25) is 0 Å². The highest BCUT2D eigenvalue weighted by molar-refractivity contribution is 6.23. The van der Waals surface area contributed by atoms with Crippen molar-refractivity contribution in [3.05, 3.63) is 96.6 Å². The summed E-state index contributed by atoms with van der Waals surface area (Å²) in [5.74, 6) is -0.523. The molecule has 3 aromatic heterocycles. The van der Waals surface area contributed by atoms with Crippen molar-refractivity contribution < 1.29 is 28.6 Å². The lowest BCUT2D eigenvalue weighted by molar-refractivity contribution is -0.125. The Labute approximate surface area is 331 Å². The van der Waals surface area contributed by atoms with Crippen molar-refractivity contribution in [2.24, 2.45) is 7.05 Å². The molecule has 2 saturated heterocycles. The second-order valence-corrected chi connectivity index (χ2v) is 15.8. The molecule has 12 nitrogen and oxygen atoms in total. The van der Waals surface area contributed by atoms with Crippen molar-refractivity contribution in [2.45, 2.75) is 82.1 Å². The van der Waals surface area contributed by atoms with Crippen LogP contribution in [0.5, 0.6) is 5.88 Å². The molecule has 2 aromatic carbocycles. The zero-order valence-corrected chi connectivity index (χ0v) is 32.3. The molecule has 3 amide bonds. The van der Waals surface area contributed by atoms with E-state index in [9.17, 15) is 14.4 Å². The van der Waals surface area contributed by atoms with Crippen LogP contribution in [0.3, 0.4) is 0 Å². The number of unbranched alkanes of at least 4 members (excludes halogenated alkanes) is 4. The number of rotatable bonds is 15. The van der Waals surface area contributed by atoms with Crippen LogP contribution < -0.4 is 15.0 Å². The number of hydrogen-bond acceptors (Lipinski definition) is 9. The average molecular weight is 769 g/mol. The van der Waals surface area contributed by atoms with Crippen LogP contribution in [0.15, 0.2) is 85.5 Å². The number of fused-ring (bicyclic) bond motifs is 4. The lowest BCUT2D eigenvalue weighted by Crippen LogP contribution is -2.52. The summed E-state index contributed by atoms with van der Waals surface area (Å²) in [6.07, 6.45) is 14.4. The quantitative estimate of drug-likeness (QED) is 0.0889. The number of nitrogens with one attached hydrogen (secondary N) is 1. The molecule has 3 aliphatic heterocycles. The first-order valence-corrected chi connectivity index (χ1v) is 20.2. The van der Waals surface area contributed by atoms with Gasteiger partial charge < -0.3 is 29.0 Å². The summed E-state index contributed by atoms with van der Waals surface area (Å²) in [6.45, 7) is 6.79. The van der Waals surface area contributed by atoms with Gasteiger partial charge in [0.25, 0.3) is 11.8 Å². The molecule has 4 aliphatic rings. The molecule has 0 spiro atoms. The number of piperidine rings is 1. The summed E-state index contributed by atoms with van der Waals surface area (Å²) in [7, 11) is 2.09. The lowest BCUT2D eigenvalue weighted by Gasteiger charge is -2.40. The number of carbonyl (C=O) groups is 3. The zero-order chi connectivity index (χ0) is 39.0. The zero-order valence-electron chi connectivity index (χ0n) is 32.3. The molecule has 0 radical (unpaired) electrons. The summed E-state index contributed by atoms with van der Waals surface area (Å²) in [4.78, 5) is 50.9. The van der Waals surface area contributed by atoms with Gasteiger partial charge in [0.1, 0.15) is 12.1 Å². The van der Waals surface area contributed by atoms with E-state index in [2.05, 4.69) is 68.7 Å². The Morgan fingerprint density at radius 3 is 2.30 bits per heavy atom. The number of aryl methyl sites for hydroxylation is 1. The second-order valence-electron chi connectivity index (χ2n) is 15.8. The van der Waals surface area contributed by atoms with Crippen molar-refractivity contribution in [2.75, 3.05) is 31.2 Å². The van der Waals surface area contributed by atoms with Gasteiger partial charge in [-0.25, -0.2) is 4.98 Å². The number of ether oxygens (including phenoxy) is 3. The third-order valence-corrected chi connectivity index (χ3v) is 12.0. The molecule has 0 bridgehead atoms. The van der Waals surface area contributed by atoms with Crippen molar-refractivity contribution in [3.63, 3.8) is 0 Å². The topological polar surface area (TPSA) is 128 Å². The maximum Gasteiger partial charge on any atom is 0.262 e. The summed E-state index contributed by atoms with van der Waals surface area (Å²) >= 11 is 0. The van der Waals surface area contributed by atoms with Crippen molar-refractivity contribution in [1.29, 1.82) is 0 Å². The van der Waals surface area contributed by atoms with Crippen molar-refractivity contribution >= 4 is 45.2 Å². The summed E-state index contributed by atoms with van der Waals surface area (Å²) < 4.78 is 20.5. The molecule has 57 heavy (non-hydrogen) atoms. The fourth-order valence-electron chi connectivity index (χ4n) is 8.50. The van der Waals surface area contributed by atoms with Gasteiger partial charge in [0.15, 0.2) is 0 Å². The van der Waals surface area contributed by atoms with E-state index in [0.29, 0.717) is 35.5 Å². The Bertz CT molecular complexity index is 2340. The molecule has 1 N–H and O–H groups in total. The van der Waals surface area contributed by atoms with Crippen molar-refractivity contribution in [1.82, 2.24) is 24.8 Å². The summed E-state index contributed by atoms with van der Waals surface area (Å²) in [5.41, 5.74) is 6.73. The number of allylic oxidation sites excluding steroid dienone is 1. The largest absolute Gasteiger partial charge is 0.474 e. The number of anilines is 1. The van der Waals surface area contributed by atoms with Crippen LogP contribution in [0.25, 0.3) is 32.9 Å². The Hall–Kier alpha value is -5.59. The van der Waals surface area contributed by atoms with E-state index in [1.54, 1.807) is 12.1 Å². The highest BCUT2D eigenvalue weighted by atomic mass is 16.5. The van der Waals surface area contributed by atoms with Gasteiger partial charge in [0.2, 0.25) is 11.8 Å². The number of benzene rings is 2. The number of carbonyl (C=O) groups excluding carboxylic acids is 3. The highest BCUT2D eigenvalue weighted by Crippen LogP contribution is 2.34. The predicted molar refractivity (Wildman–Crippen MR) is 217 cm³/mol. The maximum atomic E-state index is 13.2. The van der Waals surface area contributed by atoms with Crippen molar-refractivity contribution in [3.8, 4) is 17.0 Å². The monoisotopic (exact) mass is 768 g/mol. The van der Waals surface area contributed by atoms with Crippen LogP contribution >= 0.6 is 0 Å².